The number of hydrazone groups is 1. The number of phenols is 1. The molecule has 1 fully saturated rings. The second kappa shape index (κ2) is 11.6. The predicted octanol–water partition coefficient (Wildman–Crippen LogP) is 3.49. The Morgan fingerprint density at radius 3 is 2.37 bits per heavy atom. The smallest absolute Gasteiger partial charge is 0.289 e. The molecular weight excluding hydrogens is 482 g/mol. The van der Waals surface area contributed by atoms with E-state index >= 15 is 0 Å². The number of amides is 1. The number of nitrogens with zero attached hydrogens (tertiary/aromatic N) is 6. The molecule has 0 unspecified atom stereocenters. The molecule has 0 atom stereocenters. The van der Waals surface area contributed by atoms with Gasteiger partial charge in [-0.2, -0.15) is 5.10 Å². The SMILES string of the molecule is COc1cc(O)c(-c2nnc(C(=O)NC(C)C)n2-c2ccc(/C=N/N3CCN(C)CC3)cc2)cc1C(C)C. The van der Waals surface area contributed by atoms with Crippen LogP contribution in [0.5, 0.6) is 11.5 Å². The van der Waals surface area contributed by atoms with E-state index in [0.29, 0.717) is 22.8 Å². The van der Waals surface area contributed by atoms with Crippen LogP contribution < -0.4 is 10.1 Å². The first-order valence-corrected chi connectivity index (χ1v) is 12.9. The Labute approximate surface area is 223 Å². The number of nitrogens with one attached hydrogen (secondary N) is 1. The standard InChI is InChI=1S/C28H37N7O3/c1-18(2)22-15-23(24(36)16-25(22)38-6)26-31-32-27(28(37)30-19(3)4)35(26)21-9-7-20(8-10-21)17-29-34-13-11-33(5)12-14-34/h7-10,15-19,36H,11-14H2,1-6H3,(H,30,37)/b29-17+. The van der Waals surface area contributed by atoms with Gasteiger partial charge in [0.25, 0.3) is 5.91 Å². The Bertz CT molecular complexity index is 1290. The van der Waals surface area contributed by atoms with E-state index in [1.807, 2.05) is 64.2 Å². The van der Waals surface area contributed by atoms with E-state index in [1.54, 1.807) is 17.7 Å². The van der Waals surface area contributed by atoms with Crippen LogP contribution in [0.15, 0.2) is 41.5 Å². The average molecular weight is 520 g/mol. The van der Waals surface area contributed by atoms with Crippen molar-refractivity contribution >= 4 is 12.1 Å². The van der Waals surface area contributed by atoms with E-state index in [2.05, 4.69) is 37.6 Å². The molecule has 0 aliphatic carbocycles. The first-order chi connectivity index (χ1) is 18.2. The second-order valence-corrected chi connectivity index (χ2v) is 10.2. The zero-order chi connectivity index (χ0) is 27.4. The van der Waals surface area contributed by atoms with Gasteiger partial charge in [0.2, 0.25) is 5.82 Å². The maximum atomic E-state index is 13.1. The molecule has 1 saturated heterocycles. The minimum absolute atomic E-state index is 0.00773. The minimum Gasteiger partial charge on any atom is -0.507 e. The number of carbonyl (C=O) groups is 1. The molecule has 0 spiro atoms. The third kappa shape index (κ3) is 5.96. The lowest BCUT2D eigenvalue weighted by Crippen LogP contribution is -2.41. The van der Waals surface area contributed by atoms with Crippen LogP contribution in [0.3, 0.4) is 0 Å². The van der Waals surface area contributed by atoms with Gasteiger partial charge in [0.15, 0.2) is 5.82 Å². The first kappa shape index (κ1) is 27.1. The van der Waals surface area contributed by atoms with Crippen LogP contribution in [0.2, 0.25) is 0 Å². The van der Waals surface area contributed by atoms with Gasteiger partial charge in [-0.05, 0) is 56.1 Å². The van der Waals surface area contributed by atoms with Crippen LogP contribution >= 0.6 is 0 Å². The number of aromatic hydroxyl groups is 1. The number of likely N-dealkylation sites (N-methyl/N-ethyl adjacent to an activating group) is 1. The van der Waals surface area contributed by atoms with Crippen LogP contribution in [-0.2, 0) is 0 Å². The minimum atomic E-state index is -0.350. The summed E-state index contributed by atoms with van der Waals surface area (Å²) < 4.78 is 7.15. The van der Waals surface area contributed by atoms with Gasteiger partial charge in [0.1, 0.15) is 11.5 Å². The van der Waals surface area contributed by atoms with E-state index < -0.39 is 0 Å². The van der Waals surface area contributed by atoms with Gasteiger partial charge >= 0.3 is 0 Å². The summed E-state index contributed by atoms with van der Waals surface area (Å²) in [4.78, 5) is 15.4. The molecule has 1 aromatic heterocycles. The fraction of sp³-hybridized carbons (Fsp3) is 0.429. The molecule has 4 rings (SSSR count). The Morgan fingerprint density at radius 2 is 1.76 bits per heavy atom. The highest BCUT2D eigenvalue weighted by molar-refractivity contribution is 5.92. The van der Waals surface area contributed by atoms with Crippen molar-refractivity contribution in [3.8, 4) is 28.6 Å². The molecule has 38 heavy (non-hydrogen) atoms. The van der Waals surface area contributed by atoms with E-state index in [-0.39, 0.29) is 29.4 Å². The number of ether oxygens (including phenoxy) is 1. The zero-order valence-electron chi connectivity index (χ0n) is 23.0. The van der Waals surface area contributed by atoms with Gasteiger partial charge in [-0.25, -0.2) is 0 Å². The quantitative estimate of drug-likeness (QED) is 0.439. The number of piperazine rings is 1. The molecule has 3 aromatic rings. The molecule has 2 aromatic carbocycles. The summed E-state index contributed by atoms with van der Waals surface area (Å²) in [5.41, 5.74) is 3.01. The number of aromatic nitrogens is 3. The molecule has 1 aliphatic rings. The van der Waals surface area contributed by atoms with Crippen molar-refractivity contribution in [2.45, 2.75) is 39.7 Å². The molecule has 1 amide bonds. The lowest BCUT2D eigenvalue weighted by Gasteiger charge is -2.30. The number of methoxy groups -OCH3 is 1. The number of rotatable bonds is 8. The number of carbonyl (C=O) groups excluding carboxylic acids is 1. The van der Waals surface area contributed by atoms with Crippen molar-refractivity contribution in [3.05, 3.63) is 53.3 Å². The summed E-state index contributed by atoms with van der Waals surface area (Å²) in [6, 6.07) is 11.0. The normalized spacial score (nSPS) is 14.6. The van der Waals surface area contributed by atoms with Crippen molar-refractivity contribution in [2.75, 3.05) is 40.3 Å². The van der Waals surface area contributed by atoms with Gasteiger partial charge < -0.3 is 20.1 Å². The lowest BCUT2D eigenvalue weighted by molar-refractivity contribution is 0.0930. The molecule has 202 valence electrons. The summed E-state index contributed by atoms with van der Waals surface area (Å²) in [6.45, 7) is 11.6. The van der Waals surface area contributed by atoms with Gasteiger partial charge in [-0.1, -0.05) is 26.0 Å². The monoisotopic (exact) mass is 519 g/mol. The average Bonchev–Trinajstić information content (AvgIpc) is 3.33. The van der Waals surface area contributed by atoms with Crippen molar-refractivity contribution in [1.29, 1.82) is 0 Å². The van der Waals surface area contributed by atoms with E-state index in [1.165, 1.54) is 0 Å². The Kier molecular flexibility index (Phi) is 8.31. The van der Waals surface area contributed by atoms with E-state index in [4.69, 9.17) is 4.74 Å². The summed E-state index contributed by atoms with van der Waals surface area (Å²) >= 11 is 0. The maximum absolute atomic E-state index is 13.1. The van der Waals surface area contributed by atoms with Gasteiger partial charge in [0.05, 0.1) is 18.9 Å². The highest BCUT2D eigenvalue weighted by Crippen LogP contribution is 2.38. The second-order valence-electron chi connectivity index (χ2n) is 10.2. The molecule has 2 heterocycles. The third-order valence-corrected chi connectivity index (χ3v) is 6.50. The Hall–Kier alpha value is -3.92. The van der Waals surface area contributed by atoms with Gasteiger partial charge in [-0.15, -0.1) is 10.2 Å². The van der Waals surface area contributed by atoms with Crippen LogP contribution in [0.1, 0.15) is 55.4 Å². The predicted molar refractivity (Wildman–Crippen MR) is 148 cm³/mol. The summed E-state index contributed by atoms with van der Waals surface area (Å²) in [7, 11) is 3.69. The number of phenolic OH excluding ortho intramolecular Hbond substituents is 1. The molecule has 0 saturated carbocycles. The fourth-order valence-corrected chi connectivity index (χ4v) is 4.34. The third-order valence-electron chi connectivity index (χ3n) is 6.50. The maximum Gasteiger partial charge on any atom is 0.289 e. The van der Waals surface area contributed by atoms with Crippen molar-refractivity contribution in [3.63, 3.8) is 0 Å². The molecule has 0 radical (unpaired) electrons. The number of hydrogen-bond acceptors (Lipinski definition) is 8. The number of hydrogen-bond donors (Lipinski definition) is 2. The van der Waals surface area contributed by atoms with Crippen molar-refractivity contribution in [2.24, 2.45) is 5.10 Å². The zero-order valence-corrected chi connectivity index (χ0v) is 23.0. The van der Waals surface area contributed by atoms with Gasteiger partial charge in [-0.3, -0.25) is 14.4 Å². The summed E-state index contributed by atoms with van der Waals surface area (Å²) in [5, 5.41) is 29.1. The first-order valence-electron chi connectivity index (χ1n) is 12.9. The Balaban J connectivity index is 1.74. The topological polar surface area (TPSA) is 108 Å². The molecule has 0 bridgehead atoms. The van der Waals surface area contributed by atoms with E-state index in [0.717, 1.165) is 37.3 Å². The molecule has 1 aliphatic heterocycles. The van der Waals surface area contributed by atoms with Crippen LogP contribution in [0.25, 0.3) is 17.1 Å². The summed E-state index contributed by atoms with van der Waals surface area (Å²) in [5.74, 6) is 0.870. The molecule has 10 nitrogen and oxygen atoms in total. The van der Waals surface area contributed by atoms with Crippen molar-refractivity contribution < 1.29 is 14.6 Å². The highest BCUT2D eigenvalue weighted by Gasteiger charge is 2.25. The molecule has 10 heteroatoms. The summed E-state index contributed by atoms with van der Waals surface area (Å²) in [6.07, 6.45) is 1.85. The van der Waals surface area contributed by atoms with Crippen LogP contribution in [0.4, 0.5) is 0 Å². The fourth-order valence-electron chi connectivity index (χ4n) is 4.34. The molecular formula is C28H37N7O3. The van der Waals surface area contributed by atoms with Crippen molar-refractivity contribution in [1.82, 2.24) is 30.0 Å². The lowest BCUT2D eigenvalue weighted by atomic mass is 9.98. The van der Waals surface area contributed by atoms with Crippen LogP contribution in [0, 0.1) is 0 Å². The van der Waals surface area contributed by atoms with E-state index in [9.17, 15) is 9.90 Å². The molecule has 2 N–H and O–H groups in total. The highest BCUT2D eigenvalue weighted by atomic mass is 16.5. The van der Waals surface area contributed by atoms with Gasteiger partial charge in [0, 0.05) is 44.0 Å². The Morgan fingerprint density at radius 1 is 1.08 bits per heavy atom. The van der Waals surface area contributed by atoms with Crippen LogP contribution in [-0.4, -0.2) is 88.3 Å². The largest absolute Gasteiger partial charge is 0.507 e. The number of benzene rings is 2.